The number of halogens is 2. The second-order valence-electron chi connectivity index (χ2n) is 4.88. The van der Waals surface area contributed by atoms with Crippen LogP contribution < -0.4 is 5.32 Å². The van der Waals surface area contributed by atoms with Crippen molar-refractivity contribution in [2.24, 2.45) is 0 Å². The minimum atomic E-state index is -0.194. The molecule has 0 spiro atoms. The highest BCUT2D eigenvalue weighted by Gasteiger charge is 2.02. The first-order valence-electron chi connectivity index (χ1n) is 6.35. The molecule has 0 amide bonds. The minimum Gasteiger partial charge on any atom is -0.313 e. The SMILES string of the molecule is CC(C)N(C)CCCNCc1cc(F)cc(Br)c1. The third kappa shape index (κ3) is 5.94. The predicted octanol–water partition coefficient (Wildman–Crippen LogP) is 3.41. The first-order valence-corrected chi connectivity index (χ1v) is 7.14. The molecule has 0 aliphatic carbocycles. The van der Waals surface area contributed by atoms with Crippen LogP contribution in [0.4, 0.5) is 4.39 Å². The molecule has 18 heavy (non-hydrogen) atoms. The van der Waals surface area contributed by atoms with Crippen molar-refractivity contribution in [2.75, 3.05) is 20.1 Å². The number of nitrogens with zero attached hydrogens (tertiary/aromatic N) is 1. The number of benzene rings is 1. The molecule has 0 heterocycles. The molecule has 102 valence electrons. The highest BCUT2D eigenvalue weighted by molar-refractivity contribution is 9.10. The molecule has 1 N–H and O–H groups in total. The van der Waals surface area contributed by atoms with E-state index in [0.29, 0.717) is 12.6 Å². The summed E-state index contributed by atoms with van der Waals surface area (Å²) in [4.78, 5) is 2.32. The molecule has 0 radical (unpaired) electrons. The quantitative estimate of drug-likeness (QED) is 0.775. The molecule has 0 fully saturated rings. The lowest BCUT2D eigenvalue weighted by molar-refractivity contribution is 0.269. The van der Waals surface area contributed by atoms with Gasteiger partial charge in [0.2, 0.25) is 0 Å². The van der Waals surface area contributed by atoms with Gasteiger partial charge < -0.3 is 10.2 Å². The van der Waals surface area contributed by atoms with Crippen molar-refractivity contribution in [1.82, 2.24) is 10.2 Å². The lowest BCUT2D eigenvalue weighted by atomic mass is 10.2. The van der Waals surface area contributed by atoms with Gasteiger partial charge in [0, 0.05) is 17.1 Å². The summed E-state index contributed by atoms with van der Waals surface area (Å²) in [7, 11) is 2.13. The zero-order valence-corrected chi connectivity index (χ0v) is 12.9. The Hall–Kier alpha value is -0.450. The summed E-state index contributed by atoms with van der Waals surface area (Å²) < 4.78 is 13.9. The first-order chi connectivity index (χ1) is 8.49. The summed E-state index contributed by atoms with van der Waals surface area (Å²) in [6.07, 6.45) is 1.10. The van der Waals surface area contributed by atoms with Crippen LogP contribution in [0.5, 0.6) is 0 Å². The van der Waals surface area contributed by atoms with Gasteiger partial charge in [-0.25, -0.2) is 4.39 Å². The van der Waals surface area contributed by atoms with E-state index in [1.807, 2.05) is 6.07 Å². The molecule has 0 aliphatic rings. The molecule has 0 atom stereocenters. The minimum absolute atomic E-state index is 0.194. The van der Waals surface area contributed by atoms with Gasteiger partial charge in [-0.05, 0) is 64.2 Å². The van der Waals surface area contributed by atoms with E-state index >= 15 is 0 Å². The number of hydrogen-bond donors (Lipinski definition) is 1. The van der Waals surface area contributed by atoms with Gasteiger partial charge in [-0.1, -0.05) is 15.9 Å². The monoisotopic (exact) mass is 316 g/mol. The average molecular weight is 317 g/mol. The summed E-state index contributed by atoms with van der Waals surface area (Å²) in [6, 6.07) is 5.57. The van der Waals surface area contributed by atoms with Crippen molar-refractivity contribution in [2.45, 2.75) is 32.9 Å². The lowest BCUT2D eigenvalue weighted by Crippen LogP contribution is -2.29. The molecule has 1 aromatic carbocycles. The van der Waals surface area contributed by atoms with Gasteiger partial charge in [0.1, 0.15) is 5.82 Å². The summed E-state index contributed by atoms with van der Waals surface area (Å²) >= 11 is 3.30. The number of hydrogen-bond acceptors (Lipinski definition) is 2. The Morgan fingerprint density at radius 1 is 1.33 bits per heavy atom. The topological polar surface area (TPSA) is 15.3 Å². The van der Waals surface area contributed by atoms with Gasteiger partial charge >= 0.3 is 0 Å². The molecule has 4 heteroatoms. The molecule has 0 saturated heterocycles. The van der Waals surface area contributed by atoms with E-state index in [1.165, 1.54) is 6.07 Å². The van der Waals surface area contributed by atoms with Crippen LogP contribution in [0.1, 0.15) is 25.8 Å². The van der Waals surface area contributed by atoms with E-state index in [9.17, 15) is 4.39 Å². The average Bonchev–Trinajstić information content (AvgIpc) is 2.26. The third-order valence-corrected chi connectivity index (χ3v) is 3.46. The van der Waals surface area contributed by atoms with E-state index < -0.39 is 0 Å². The maximum absolute atomic E-state index is 13.1. The molecule has 0 saturated carbocycles. The van der Waals surface area contributed by atoms with E-state index in [0.717, 1.165) is 29.5 Å². The summed E-state index contributed by atoms with van der Waals surface area (Å²) in [5.41, 5.74) is 0.971. The van der Waals surface area contributed by atoms with Crippen LogP contribution in [0.3, 0.4) is 0 Å². The molecule has 0 aliphatic heterocycles. The van der Waals surface area contributed by atoms with Gasteiger partial charge in [-0.15, -0.1) is 0 Å². The van der Waals surface area contributed by atoms with Crippen molar-refractivity contribution >= 4 is 15.9 Å². The number of nitrogens with one attached hydrogen (secondary N) is 1. The van der Waals surface area contributed by atoms with Crippen LogP contribution in [0, 0.1) is 5.82 Å². The molecule has 0 bridgehead atoms. The molecule has 2 nitrogen and oxygen atoms in total. The van der Waals surface area contributed by atoms with E-state index in [1.54, 1.807) is 6.07 Å². The third-order valence-electron chi connectivity index (χ3n) is 3.00. The Labute approximate surface area is 118 Å². The Bertz CT molecular complexity index is 349. The van der Waals surface area contributed by atoms with E-state index in [4.69, 9.17) is 0 Å². The summed E-state index contributed by atoms with van der Waals surface area (Å²) in [5.74, 6) is -0.194. The fourth-order valence-corrected chi connectivity index (χ4v) is 2.17. The second-order valence-corrected chi connectivity index (χ2v) is 5.80. The fraction of sp³-hybridized carbons (Fsp3) is 0.571. The molecule has 1 aromatic rings. The second kappa shape index (κ2) is 7.87. The highest BCUT2D eigenvalue weighted by atomic mass is 79.9. The summed E-state index contributed by atoms with van der Waals surface area (Å²) in [6.45, 7) is 7.12. The largest absolute Gasteiger partial charge is 0.313 e. The smallest absolute Gasteiger partial charge is 0.124 e. The van der Waals surface area contributed by atoms with Crippen LogP contribution in [0.25, 0.3) is 0 Å². The summed E-state index contributed by atoms with van der Waals surface area (Å²) in [5, 5.41) is 3.34. The van der Waals surface area contributed by atoms with Gasteiger partial charge in [0.25, 0.3) is 0 Å². The van der Waals surface area contributed by atoms with Crippen molar-refractivity contribution in [3.05, 3.63) is 34.1 Å². The Balaban J connectivity index is 2.22. The molecular formula is C14H22BrFN2. The maximum Gasteiger partial charge on any atom is 0.124 e. The molecular weight excluding hydrogens is 295 g/mol. The van der Waals surface area contributed by atoms with Gasteiger partial charge in [-0.2, -0.15) is 0 Å². The first kappa shape index (κ1) is 15.6. The van der Waals surface area contributed by atoms with Crippen molar-refractivity contribution < 1.29 is 4.39 Å². The fourth-order valence-electron chi connectivity index (χ4n) is 1.66. The Kier molecular flexibility index (Phi) is 6.82. The van der Waals surface area contributed by atoms with Crippen molar-refractivity contribution in [1.29, 1.82) is 0 Å². The van der Waals surface area contributed by atoms with Crippen LogP contribution in [-0.2, 0) is 6.54 Å². The van der Waals surface area contributed by atoms with E-state index in [2.05, 4.69) is 47.0 Å². The van der Waals surface area contributed by atoms with Gasteiger partial charge in [0.05, 0.1) is 0 Å². The van der Waals surface area contributed by atoms with Crippen LogP contribution in [-0.4, -0.2) is 31.1 Å². The zero-order valence-electron chi connectivity index (χ0n) is 11.3. The van der Waals surface area contributed by atoms with E-state index in [-0.39, 0.29) is 5.82 Å². The zero-order chi connectivity index (χ0) is 13.5. The molecule has 1 rings (SSSR count). The lowest BCUT2D eigenvalue weighted by Gasteiger charge is -2.20. The van der Waals surface area contributed by atoms with Gasteiger partial charge in [0.15, 0.2) is 0 Å². The number of rotatable bonds is 7. The maximum atomic E-state index is 13.1. The normalized spacial score (nSPS) is 11.5. The van der Waals surface area contributed by atoms with Gasteiger partial charge in [-0.3, -0.25) is 0 Å². The van der Waals surface area contributed by atoms with Crippen LogP contribution in [0.2, 0.25) is 0 Å². The predicted molar refractivity (Wildman–Crippen MR) is 78.2 cm³/mol. The molecule has 0 unspecified atom stereocenters. The van der Waals surface area contributed by atoms with Crippen LogP contribution in [0.15, 0.2) is 22.7 Å². The Morgan fingerprint density at radius 3 is 2.67 bits per heavy atom. The van der Waals surface area contributed by atoms with Crippen LogP contribution >= 0.6 is 15.9 Å². The standard InChI is InChI=1S/C14H22BrFN2/c1-11(2)18(3)6-4-5-17-10-12-7-13(15)9-14(16)8-12/h7-9,11,17H,4-6,10H2,1-3H3. The Morgan fingerprint density at radius 2 is 2.06 bits per heavy atom. The van der Waals surface area contributed by atoms with Crippen molar-refractivity contribution in [3.8, 4) is 0 Å². The highest BCUT2D eigenvalue weighted by Crippen LogP contribution is 2.14. The van der Waals surface area contributed by atoms with Crippen molar-refractivity contribution in [3.63, 3.8) is 0 Å². The molecule has 0 aromatic heterocycles.